The third-order valence-electron chi connectivity index (χ3n) is 7.97. The molecular formula is C29H29F6N3O2. The van der Waals surface area contributed by atoms with E-state index >= 15 is 0 Å². The highest BCUT2D eigenvalue weighted by atomic mass is 19.4. The molecule has 1 aliphatic carbocycles. The molecule has 0 radical (unpaired) electrons. The van der Waals surface area contributed by atoms with E-state index in [4.69, 9.17) is 0 Å². The number of carbonyl (C=O) groups excluding carboxylic acids is 2. The highest BCUT2D eigenvalue weighted by Gasteiger charge is 2.40. The number of carbonyl (C=O) groups is 2. The lowest BCUT2D eigenvalue weighted by Gasteiger charge is -2.43. The molecule has 2 heterocycles. The fourth-order valence-corrected chi connectivity index (χ4v) is 5.90. The molecule has 2 aromatic carbocycles. The number of nitrogens with zero attached hydrogens (tertiary/aromatic N) is 2. The van der Waals surface area contributed by atoms with E-state index in [0.29, 0.717) is 12.1 Å². The Kier molecular flexibility index (Phi) is 7.58. The number of hydrogen-bond acceptors (Lipinski definition) is 2. The minimum absolute atomic E-state index is 0.00190. The first-order valence-corrected chi connectivity index (χ1v) is 13.4. The maximum atomic E-state index is 13.6. The average Bonchev–Trinajstić information content (AvgIpc) is 3.34. The smallest absolute Gasteiger partial charge is 0.361 e. The Morgan fingerprint density at radius 2 is 1.52 bits per heavy atom. The molecular weight excluding hydrogens is 536 g/mol. The second kappa shape index (κ2) is 10.8. The fourth-order valence-electron chi connectivity index (χ4n) is 5.90. The molecule has 5 nitrogen and oxygen atoms in total. The van der Waals surface area contributed by atoms with Gasteiger partial charge in [-0.2, -0.15) is 26.3 Å². The van der Waals surface area contributed by atoms with Crippen LogP contribution in [0, 0.1) is 5.92 Å². The zero-order valence-corrected chi connectivity index (χ0v) is 21.6. The Hall–Kier alpha value is -3.50. The minimum atomic E-state index is -5.06. The molecule has 1 saturated carbocycles. The molecule has 3 aromatic rings. The van der Waals surface area contributed by atoms with Crippen LogP contribution >= 0.6 is 0 Å². The van der Waals surface area contributed by atoms with Gasteiger partial charge in [0.25, 0.3) is 5.91 Å². The lowest BCUT2D eigenvalue weighted by Crippen LogP contribution is -2.58. The van der Waals surface area contributed by atoms with Gasteiger partial charge in [0.2, 0.25) is 5.91 Å². The highest BCUT2D eigenvalue weighted by Crippen LogP contribution is 2.37. The largest absolute Gasteiger partial charge is 0.416 e. The van der Waals surface area contributed by atoms with Crippen molar-refractivity contribution in [1.29, 1.82) is 0 Å². The van der Waals surface area contributed by atoms with Crippen LogP contribution in [-0.4, -0.2) is 52.3 Å². The number of aromatic amines is 1. The SMILES string of the molecule is O=C(C1CCCCC1)N1CCN(C(=O)c2cc(C(F)(F)F)cc(C(F)(F)F)c2)C(Cc2c[nH]c3ccccc23)C1. The summed E-state index contributed by atoms with van der Waals surface area (Å²) >= 11 is 0. The topological polar surface area (TPSA) is 56.4 Å². The van der Waals surface area contributed by atoms with Crippen molar-refractivity contribution in [2.45, 2.75) is 56.9 Å². The number of para-hydroxylation sites is 1. The number of aromatic nitrogens is 1. The van der Waals surface area contributed by atoms with Crippen LogP contribution in [0.4, 0.5) is 26.3 Å². The number of fused-ring (bicyclic) bond motifs is 1. The summed E-state index contributed by atoms with van der Waals surface area (Å²) in [4.78, 5) is 33.1. The first-order chi connectivity index (χ1) is 18.9. The second-order valence-corrected chi connectivity index (χ2v) is 10.6. The molecule has 11 heteroatoms. The molecule has 1 saturated heterocycles. The number of benzene rings is 2. The van der Waals surface area contributed by atoms with Crippen molar-refractivity contribution in [3.8, 4) is 0 Å². The number of nitrogens with one attached hydrogen (secondary N) is 1. The molecule has 1 unspecified atom stereocenters. The Balaban J connectivity index is 1.48. The lowest BCUT2D eigenvalue weighted by atomic mass is 9.87. The number of amides is 2. The lowest BCUT2D eigenvalue weighted by molar-refractivity contribution is -0.143. The third kappa shape index (κ3) is 5.83. The molecule has 1 N–H and O–H groups in total. The van der Waals surface area contributed by atoms with Gasteiger partial charge in [-0.1, -0.05) is 37.5 Å². The quantitative estimate of drug-likeness (QED) is 0.359. The number of piperazine rings is 1. The van der Waals surface area contributed by atoms with E-state index < -0.39 is 41.0 Å². The van der Waals surface area contributed by atoms with Gasteiger partial charge in [0.15, 0.2) is 0 Å². The summed E-state index contributed by atoms with van der Waals surface area (Å²) in [5.74, 6) is -1.04. The summed E-state index contributed by atoms with van der Waals surface area (Å²) in [6, 6.07) is 7.79. The van der Waals surface area contributed by atoms with E-state index in [2.05, 4.69) is 4.98 Å². The van der Waals surface area contributed by atoms with Gasteiger partial charge in [-0.25, -0.2) is 0 Å². The Labute approximate surface area is 227 Å². The summed E-state index contributed by atoms with van der Waals surface area (Å²) < 4.78 is 81.0. The summed E-state index contributed by atoms with van der Waals surface area (Å²) in [5.41, 5.74) is -2.06. The van der Waals surface area contributed by atoms with Gasteiger partial charge in [0.05, 0.1) is 17.2 Å². The van der Waals surface area contributed by atoms with Crippen molar-refractivity contribution in [2.24, 2.45) is 5.92 Å². The van der Waals surface area contributed by atoms with E-state index in [1.54, 1.807) is 11.1 Å². The van der Waals surface area contributed by atoms with E-state index in [9.17, 15) is 35.9 Å². The van der Waals surface area contributed by atoms with Crippen LogP contribution < -0.4 is 0 Å². The standard InChI is InChI=1S/C29H29F6N3O2/c30-28(31,32)21-12-19(13-22(15-21)29(33,34)35)27(40)38-11-10-37(26(39)18-6-2-1-3-7-18)17-23(38)14-20-16-36-25-9-5-4-8-24(20)25/h4-5,8-9,12-13,15-16,18,23,36H,1-3,6-7,10-11,14,17H2. The number of rotatable bonds is 4. The van der Waals surface area contributed by atoms with Crippen molar-refractivity contribution in [3.05, 3.63) is 70.9 Å². The molecule has 1 aromatic heterocycles. The fraction of sp³-hybridized carbons (Fsp3) is 0.448. The number of hydrogen-bond donors (Lipinski definition) is 1. The summed E-state index contributed by atoms with van der Waals surface area (Å²) in [6.07, 6.45) is -3.50. The van der Waals surface area contributed by atoms with Gasteiger partial charge in [0, 0.05) is 48.2 Å². The van der Waals surface area contributed by atoms with Crippen molar-refractivity contribution in [2.75, 3.05) is 19.6 Å². The molecule has 40 heavy (non-hydrogen) atoms. The van der Waals surface area contributed by atoms with Gasteiger partial charge >= 0.3 is 12.4 Å². The van der Waals surface area contributed by atoms with Gasteiger partial charge < -0.3 is 14.8 Å². The summed E-state index contributed by atoms with van der Waals surface area (Å²) in [6.45, 7) is 0.310. The second-order valence-electron chi connectivity index (χ2n) is 10.6. The van der Waals surface area contributed by atoms with Gasteiger partial charge in [-0.3, -0.25) is 9.59 Å². The highest BCUT2D eigenvalue weighted by molar-refractivity contribution is 5.95. The van der Waals surface area contributed by atoms with Crippen molar-refractivity contribution >= 4 is 22.7 Å². The molecule has 1 atom stereocenters. The maximum absolute atomic E-state index is 13.6. The Bertz CT molecular complexity index is 1360. The molecule has 214 valence electrons. The number of H-pyrrole nitrogens is 1. The molecule has 2 amide bonds. The minimum Gasteiger partial charge on any atom is -0.361 e. The number of alkyl halides is 6. The Morgan fingerprint density at radius 1 is 0.875 bits per heavy atom. The van der Waals surface area contributed by atoms with Crippen LogP contribution in [0.25, 0.3) is 10.9 Å². The molecule has 2 fully saturated rings. The first-order valence-electron chi connectivity index (χ1n) is 13.4. The molecule has 0 bridgehead atoms. The Morgan fingerprint density at radius 3 is 2.17 bits per heavy atom. The monoisotopic (exact) mass is 565 g/mol. The molecule has 5 rings (SSSR count). The van der Waals surface area contributed by atoms with Crippen molar-refractivity contribution < 1.29 is 35.9 Å². The van der Waals surface area contributed by atoms with Crippen LogP contribution in [0.3, 0.4) is 0 Å². The van der Waals surface area contributed by atoms with E-state index in [1.165, 1.54) is 4.90 Å². The summed E-state index contributed by atoms with van der Waals surface area (Å²) in [7, 11) is 0. The number of halogens is 6. The van der Waals surface area contributed by atoms with Crippen molar-refractivity contribution in [3.63, 3.8) is 0 Å². The van der Waals surface area contributed by atoms with E-state index in [0.717, 1.165) is 48.6 Å². The maximum Gasteiger partial charge on any atom is 0.416 e. The molecule has 0 spiro atoms. The summed E-state index contributed by atoms with van der Waals surface area (Å²) in [5, 5.41) is 0.893. The first kappa shape index (κ1) is 28.0. The van der Waals surface area contributed by atoms with Crippen LogP contribution in [0.1, 0.15) is 59.2 Å². The van der Waals surface area contributed by atoms with E-state index in [-0.39, 0.29) is 43.9 Å². The van der Waals surface area contributed by atoms with Gasteiger partial charge in [-0.05, 0) is 49.1 Å². The predicted octanol–water partition coefficient (Wildman–Crippen LogP) is 6.68. The van der Waals surface area contributed by atoms with Gasteiger partial charge in [-0.15, -0.1) is 0 Å². The van der Waals surface area contributed by atoms with Gasteiger partial charge in [0.1, 0.15) is 0 Å². The molecule has 1 aliphatic heterocycles. The molecule has 2 aliphatic rings. The van der Waals surface area contributed by atoms with Crippen LogP contribution in [0.15, 0.2) is 48.7 Å². The average molecular weight is 566 g/mol. The normalized spacial score (nSPS) is 19.3. The zero-order chi connectivity index (χ0) is 28.7. The predicted molar refractivity (Wildman–Crippen MR) is 136 cm³/mol. The van der Waals surface area contributed by atoms with Crippen molar-refractivity contribution in [1.82, 2.24) is 14.8 Å². The zero-order valence-electron chi connectivity index (χ0n) is 21.6. The van der Waals surface area contributed by atoms with Crippen LogP contribution in [-0.2, 0) is 23.6 Å². The van der Waals surface area contributed by atoms with Crippen LogP contribution in [0.5, 0.6) is 0 Å². The van der Waals surface area contributed by atoms with E-state index in [1.807, 2.05) is 24.3 Å². The van der Waals surface area contributed by atoms with Crippen LogP contribution in [0.2, 0.25) is 0 Å². The third-order valence-corrected chi connectivity index (χ3v) is 7.97.